The van der Waals surface area contributed by atoms with Crippen LogP contribution < -0.4 is 0 Å². The summed E-state index contributed by atoms with van der Waals surface area (Å²) in [6, 6.07) is 4.57. The molecule has 22 heavy (non-hydrogen) atoms. The summed E-state index contributed by atoms with van der Waals surface area (Å²) in [6.07, 6.45) is 5.26. The number of piperidine rings is 1. The van der Waals surface area contributed by atoms with E-state index < -0.39 is 0 Å². The largest absolute Gasteiger partial charge is 0.456 e. The Labute approximate surface area is 136 Å². The highest BCUT2D eigenvalue weighted by atomic mass is 32.1. The summed E-state index contributed by atoms with van der Waals surface area (Å²) in [6.45, 7) is 4.01. The van der Waals surface area contributed by atoms with Crippen LogP contribution in [-0.4, -0.2) is 35.5 Å². The number of ether oxygens (including phenoxy) is 1. The number of likely N-dealkylation sites (tertiary alicyclic amines) is 1. The third kappa shape index (κ3) is 4.83. The molecule has 1 aromatic heterocycles. The number of esters is 1. The van der Waals surface area contributed by atoms with Gasteiger partial charge in [0.1, 0.15) is 0 Å². The second-order valence-electron chi connectivity index (χ2n) is 6.02. The van der Waals surface area contributed by atoms with Gasteiger partial charge in [-0.2, -0.15) is 0 Å². The van der Waals surface area contributed by atoms with Crippen molar-refractivity contribution in [2.75, 3.05) is 6.61 Å². The molecule has 2 heterocycles. The van der Waals surface area contributed by atoms with Gasteiger partial charge in [0.15, 0.2) is 6.61 Å². The van der Waals surface area contributed by atoms with Crippen molar-refractivity contribution >= 4 is 23.2 Å². The molecule has 0 spiro atoms. The summed E-state index contributed by atoms with van der Waals surface area (Å²) in [7, 11) is 0. The number of carbonyl (C=O) groups excluding carboxylic acids is 2. The molecule has 0 aliphatic carbocycles. The highest BCUT2D eigenvalue weighted by Gasteiger charge is 2.29. The first-order valence-electron chi connectivity index (χ1n) is 8.07. The van der Waals surface area contributed by atoms with Crippen LogP contribution in [0.25, 0.3) is 0 Å². The van der Waals surface area contributed by atoms with Gasteiger partial charge < -0.3 is 9.64 Å². The van der Waals surface area contributed by atoms with Gasteiger partial charge in [-0.15, -0.1) is 11.3 Å². The SMILES string of the molecule is C[C@@H]1CCC[C@@H](C)N1C(=O)COC(=O)CCCc1cccs1. The van der Waals surface area contributed by atoms with E-state index in [1.807, 2.05) is 16.3 Å². The van der Waals surface area contributed by atoms with E-state index in [0.717, 1.165) is 32.1 Å². The van der Waals surface area contributed by atoms with Gasteiger partial charge in [0.2, 0.25) is 0 Å². The summed E-state index contributed by atoms with van der Waals surface area (Å²) in [4.78, 5) is 27.1. The molecular weight excluding hydrogens is 298 g/mol. The molecule has 0 bridgehead atoms. The minimum Gasteiger partial charge on any atom is -0.456 e. The molecule has 1 fully saturated rings. The summed E-state index contributed by atoms with van der Waals surface area (Å²) in [5.74, 6) is -0.339. The lowest BCUT2D eigenvalue weighted by atomic mass is 9.97. The van der Waals surface area contributed by atoms with E-state index in [9.17, 15) is 9.59 Å². The Hall–Kier alpha value is -1.36. The lowest BCUT2D eigenvalue weighted by molar-refractivity contribution is -0.154. The van der Waals surface area contributed by atoms with E-state index in [1.54, 1.807) is 11.3 Å². The zero-order chi connectivity index (χ0) is 15.9. The molecule has 1 saturated heterocycles. The Morgan fingerprint density at radius 1 is 1.32 bits per heavy atom. The van der Waals surface area contributed by atoms with Crippen molar-refractivity contribution in [2.45, 2.75) is 64.5 Å². The van der Waals surface area contributed by atoms with Gasteiger partial charge in [-0.3, -0.25) is 9.59 Å². The van der Waals surface area contributed by atoms with Gasteiger partial charge in [-0.25, -0.2) is 0 Å². The molecule has 5 heteroatoms. The Kier molecular flexibility index (Phi) is 6.43. The predicted octanol–water partition coefficient (Wildman–Crippen LogP) is 3.40. The third-order valence-corrected chi connectivity index (χ3v) is 5.16. The van der Waals surface area contributed by atoms with Gasteiger partial charge in [-0.05, 0) is 57.4 Å². The Bertz CT molecular complexity index is 476. The molecule has 1 aromatic rings. The first kappa shape index (κ1) is 17.0. The van der Waals surface area contributed by atoms with Crippen LogP contribution in [0.2, 0.25) is 0 Å². The maximum Gasteiger partial charge on any atom is 0.306 e. The Morgan fingerprint density at radius 3 is 2.68 bits per heavy atom. The maximum absolute atomic E-state index is 12.2. The molecule has 1 aliphatic heterocycles. The van der Waals surface area contributed by atoms with Crippen LogP contribution in [0.1, 0.15) is 50.8 Å². The monoisotopic (exact) mass is 323 g/mol. The van der Waals surface area contributed by atoms with E-state index in [1.165, 1.54) is 4.88 Å². The molecule has 2 atom stereocenters. The Balaban J connectivity index is 1.67. The lowest BCUT2D eigenvalue weighted by Gasteiger charge is -2.38. The number of hydrogen-bond acceptors (Lipinski definition) is 4. The van der Waals surface area contributed by atoms with Crippen molar-refractivity contribution in [3.05, 3.63) is 22.4 Å². The highest BCUT2D eigenvalue weighted by molar-refractivity contribution is 7.09. The van der Waals surface area contributed by atoms with Crippen LogP contribution in [0.4, 0.5) is 0 Å². The molecule has 2 rings (SSSR count). The minimum absolute atomic E-state index is 0.0636. The zero-order valence-corrected chi connectivity index (χ0v) is 14.2. The Morgan fingerprint density at radius 2 is 2.05 bits per heavy atom. The normalized spacial score (nSPS) is 21.6. The van der Waals surface area contributed by atoms with Crippen LogP contribution in [-0.2, 0) is 20.7 Å². The van der Waals surface area contributed by atoms with Crippen molar-refractivity contribution in [3.8, 4) is 0 Å². The predicted molar refractivity (Wildman–Crippen MR) is 87.8 cm³/mol. The second kappa shape index (κ2) is 8.32. The molecular formula is C17H25NO3S. The smallest absolute Gasteiger partial charge is 0.306 e. The van der Waals surface area contributed by atoms with Crippen molar-refractivity contribution in [3.63, 3.8) is 0 Å². The topological polar surface area (TPSA) is 46.6 Å². The van der Waals surface area contributed by atoms with Crippen molar-refractivity contribution < 1.29 is 14.3 Å². The van der Waals surface area contributed by atoms with Gasteiger partial charge in [0.05, 0.1) is 0 Å². The summed E-state index contributed by atoms with van der Waals surface area (Å²) < 4.78 is 5.15. The molecule has 0 saturated carbocycles. The van der Waals surface area contributed by atoms with Crippen LogP contribution in [0.15, 0.2) is 17.5 Å². The first-order valence-corrected chi connectivity index (χ1v) is 8.95. The number of hydrogen-bond donors (Lipinski definition) is 0. The number of aryl methyl sites for hydroxylation is 1. The van der Waals surface area contributed by atoms with Crippen LogP contribution in [0.3, 0.4) is 0 Å². The number of amides is 1. The molecule has 0 unspecified atom stereocenters. The van der Waals surface area contributed by atoms with Gasteiger partial charge in [0.25, 0.3) is 5.91 Å². The number of rotatable bonds is 6. The van der Waals surface area contributed by atoms with Crippen molar-refractivity contribution in [1.82, 2.24) is 4.90 Å². The van der Waals surface area contributed by atoms with Crippen LogP contribution in [0.5, 0.6) is 0 Å². The van der Waals surface area contributed by atoms with E-state index in [2.05, 4.69) is 19.9 Å². The minimum atomic E-state index is -0.276. The zero-order valence-electron chi connectivity index (χ0n) is 13.4. The molecule has 0 N–H and O–H groups in total. The summed E-state index contributed by atoms with van der Waals surface area (Å²) in [5.41, 5.74) is 0. The van der Waals surface area contributed by atoms with E-state index in [4.69, 9.17) is 4.74 Å². The molecule has 122 valence electrons. The molecule has 0 radical (unpaired) electrons. The van der Waals surface area contributed by atoms with Crippen LogP contribution >= 0.6 is 11.3 Å². The van der Waals surface area contributed by atoms with E-state index >= 15 is 0 Å². The molecule has 1 amide bonds. The first-order chi connectivity index (χ1) is 10.6. The fourth-order valence-corrected chi connectivity index (χ4v) is 3.81. The van der Waals surface area contributed by atoms with Crippen LogP contribution in [0, 0.1) is 0 Å². The number of carbonyl (C=O) groups is 2. The van der Waals surface area contributed by atoms with Gasteiger partial charge in [-0.1, -0.05) is 6.07 Å². The van der Waals surface area contributed by atoms with Gasteiger partial charge in [0, 0.05) is 23.4 Å². The van der Waals surface area contributed by atoms with E-state index in [-0.39, 0.29) is 30.6 Å². The molecule has 1 aliphatic rings. The summed E-state index contributed by atoms with van der Waals surface area (Å²) >= 11 is 1.70. The van der Waals surface area contributed by atoms with Crippen molar-refractivity contribution in [2.24, 2.45) is 0 Å². The second-order valence-corrected chi connectivity index (χ2v) is 7.06. The lowest BCUT2D eigenvalue weighted by Crippen LogP contribution is -2.49. The van der Waals surface area contributed by atoms with Crippen molar-refractivity contribution in [1.29, 1.82) is 0 Å². The highest BCUT2D eigenvalue weighted by Crippen LogP contribution is 2.22. The standard InChI is InChI=1S/C17H25NO3S/c1-13-6-3-7-14(2)18(13)16(19)12-21-17(20)10-4-8-15-9-5-11-22-15/h5,9,11,13-14H,3-4,6-8,10,12H2,1-2H3/t13-,14-/m1/s1. The van der Waals surface area contributed by atoms with E-state index in [0.29, 0.717) is 6.42 Å². The fourth-order valence-electron chi connectivity index (χ4n) is 3.06. The average molecular weight is 323 g/mol. The third-order valence-electron chi connectivity index (χ3n) is 4.22. The quantitative estimate of drug-likeness (QED) is 0.754. The number of nitrogens with zero attached hydrogens (tertiary/aromatic N) is 1. The number of thiophene rings is 1. The molecule has 0 aromatic carbocycles. The average Bonchev–Trinajstić information content (AvgIpc) is 2.98. The van der Waals surface area contributed by atoms with Gasteiger partial charge >= 0.3 is 5.97 Å². The maximum atomic E-state index is 12.2. The fraction of sp³-hybridized carbons (Fsp3) is 0.647. The summed E-state index contributed by atoms with van der Waals surface area (Å²) in [5, 5.41) is 2.03. The molecule has 4 nitrogen and oxygen atoms in total.